The molecular weight excluding hydrogens is 418 g/mol. The van der Waals surface area contributed by atoms with Gasteiger partial charge >= 0.3 is 13.5 Å². The first-order chi connectivity index (χ1) is 12.3. The Morgan fingerprint density at radius 1 is 1.37 bits per heavy atom. The molecule has 0 radical (unpaired) electrons. The van der Waals surface area contributed by atoms with Crippen LogP contribution in [-0.2, 0) is 27.4 Å². The number of methoxy groups -OCH3 is 1. The van der Waals surface area contributed by atoms with Crippen molar-refractivity contribution < 1.29 is 52.3 Å². The highest BCUT2D eigenvalue weighted by Crippen LogP contribution is 2.56. The molecule has 2 unspecified atom stereocenters. The molecule has 1 fully saturated rings. The number of aliphatic hydroxyl groups is 2. The van der Waals surface area contributed by atoms with Crippen molar-refractivity contribution in [2.24, 2.45) is 0 Å². The average molecular weight is 433 g/mol. The van der Waals surface area contributed by atoms with Crippen LogP contribution in [0.2, 0.25) is 0 Å². The van der Waals surface area contributed by atoms with Gasteiger partial charge in [0.25, 0.3) is 13.4 Å². The summed E-state index contributed by atoms with van der Waals surface area (Å²) in [6.45, 7) is -1.16. The van der Waals surface area contributed by atoms with Crippen molar-refractivity contribution in [3.63, 3.8) is 0 Å². The van der Waals surface area contributed by atoms with E-state index in [4.69, 9.17) is 14.4 Å². The maximum atomic E-state index is 11.8. The predicted molar refractivity (Wildman–Crippen MR) is 79.9 cm³/mol. The van der Waals surface area contributed by atoms with Crippen LogP contribution >= 0.6 is 15.6 Å². The number of hydrogen-bond donors (Lipinski definition) is 5. The van der Waals surface area contributed by atoms with Gasteiger partial charge < -0.3 is 34.4 Å². The van der Waals surface area contributed by atoms with Gasteiger partial charge in [0.2, 0.25) is 5.79 Å². The second-order valence-corrected chi connectivity index (χ2v) is 8.06. The van der Waals surface area contributed by atoms with Crippen LogP contribution in [0, 0.1) is 0 Å². The Hall–Kier alpha value is -1.22. The highest BCUT2D eigenvalue weighted by molar-refractivity contribution is 7.60. The molecule has 6 atom stereocenters. The second-order valence-electron chi connectivity index (χ2n) is 5.27. The lowest BCUT2D eigenvalue weighted by Crippen LogP contribution is -2.48. The molecule has 154 valence electrons. The third-order valence-corrected chi connectivity index (χ3v) is 5.60. The monoisotopic (exact) mass is 433 g/mol. The summed E-state index contributed by atoms with van der Waals surface area (Å²) in [5.41, 5.74) is -1.75. The van der Waals surface area contributed by atoms with Gasteiger partial charge in [-0.25, -0.2) is 13.7 Å². The van der Waals surface area contributed by atoms with E-state index in [-0.39, 0.29) is 0 Å². The zero-order valence-electron chi connectivity index (χ0n) is 13.4. The van der Waals surface area contributed by atoms with Crippen LogP contribution in [0.5, 0.6) is 0 Å². The summed E-state index contributed by atoms with van der Waals surface area (Å²) in [4.78, 5) is 53.1. The van der Waals surface area contributed by atoms with E-state index in [2.05, 4.69) is 8.83 Å². The summed E-state index contributed by atoms with van der Waals surface area (Å²) in [6.07, 6.45) is -4.46. The van der Waals surface area contributed by atoms with E-state index in [0.29, 0.717) is 4.57 Å². The minimum absolute atomic E-state index is 0.699. The minimum Gasteiger partial charge on any atom is -0.756 e. The van der Waals surface area contributed by atoms with Gasteiger partial charge in [-0.1, -0.05) is 0 Å². The summed E-state index contributed by atoms with van der Waals surface area (Å²) in [7, 11) is -10.1. The van der Waals surface area contributed by atoms with Gasteiger partial charge in [-0.3, -0.25) is 23.4 Å². The van der Waals surface area contributed by atoms with Crippen molar-refractivity contribution in [1.82, 2.24) is 9.55 Å². The number of rotatable bonds is 7. The maximum absolute atomic E-state index is 11.8. The number of phosphoric ester groups is 1. The van der Waals surface area contributed by atoms with Crippen LogP contribution in [-0.4, -0.2) is 61.3 Å². The minimum atomic E-state index is -5.64. The molecule has 2 rings (SSSR count). The normalized spacial score (nSPS) is 32.7. The van der Waals surface area contributed by atoms with Crippen LogP contribution in [0.25, 0.3) is 0 Å². The Balaban J connectivity index is 2.26. The van der Waals surface area contributed by atoms with Crippen molar-refractivity contribution in [3.8, 4) is 0 Å². The Bertz CT molecular complexity index is 892. The number of aliphatic hydroxyl groups excluding tert-OH is 2. The van der Waals surface area contributed by atoms with Crippen LogP contribution in [0.1, 0.15) is 6.23 Å². The number of nitrogens with zero attached hydrogens (tertiary/aromatic N) is 1. The van der Waals surface area contributed by atoms with E-state index in [1.807, 2.05) is 4.98 Å². The van der Waals surface area contributed by atoms with Gasteiger partial charge in [-0.15, -0.1) is 0 Å². The molecule has 1 aromatic rings. The van der Waals surface area contributed by atoms with Gasteiger partial charge in [-0.2, -0.15) is 0 Å². The summed E-state index contributed by atoms with van der Waals surface area (Å²) < 4.78 is 40.7. The molecule has 1 saturated heterocycles. The van der Waals surface area contributed by atoms with Gasteiger partial charge in [0, 0.05) is 19.4 Å². The first kappa shape index (κ1) is 22.1. The van der Waals surface area contributed by atoms with Crippen molar-refractivity contribution in [3.05, 3.63) is 33.1 Å². The molecular formula is C10H15N2O13P2-. The molecule has 2 heterocycles. The number of aromatic amines is 1. The molecule has 15 nitrogen and oxygen atoms in total. The highest BCUT2D eigenvalue weighted by atomic mass is 31.3. The summed E-state index contributed by atoms with van der Waals surface area (Å²) in [5.74, 6) is -2.34. The topological polar surface area (TPSA) is 230 Å². The Morgan fingerprint density at radius 3 is 2.52 bits per heavy atom. The van der Waals surface area contributed by atoms with Crippen LogP contribution in [0.15, 0.2) is 21.9 Å². The summed E-state index contributed by atoms with van der Waals surface area (Å²) in [5, 5.41) is 20.3. The number of phosphoric acid groups is 2. The highest BCUT2D eigenvalue weighted by Gasteiger charge is 2.57. The van der Waals surface area contributed by atoms with Gasteiger partial charge in [0.15, 0.2) is 6.23 Å². The van der Waals surface area contributed by atoms with Gasteiger partial charge in [0.05, 0.1) is 0 Å². The fourth-order valence-electron chi connectivity index (χ4n) is 2.28. The van der Waals surface area contributed by atoms with Crippen molar-refractivity contribution >= 4 is 15.6 Å². The Morgan fingerprint density at radius 2 is 2.00 bits per heavy atom. The number of H-pyrrole nitrogens is 1. The number of aromatic nitrogens is 2. The molecule has 0 aromatic carbocycles. The quantitative estimate of drug-likeness (QED) is 0.266. The van der Waals surface area contributed by atoms with E-state index >= 15 is 0 Å². The van der Waals surface area contributed by atoms with E-state index in [9.17, 15) is 38.7 Å². The molecule has 27 heavy (non-hydrogen) atoms. The number of ether oxygens (including phenoxy) is 2. The van der Waals surface area contributed by atoms with Crippen LogP contribution in [0.3, 0.4) is 0 Å². The molecule has 0 amide bonds. The molecule has 0 aliphatic carbocycles. The first-order valence-electron chi connectivity index (χ1n) is 6.93. The third kappa shape index (κ3) is 4.99. The fraction of sp³-hybridized carbons (Fsp3) is 0.600. The van der Waals surface area contributed by atoms with Crippen molar-refractivity contribution in [2.45, 2.75) is 24.2 Å². The molecule has 1 aliphatic rings. The van der Waals surface area contributed by atoms with Gasteiger partial charge in [0.1, 0.15) is 18.8 Å². The molecule has 17 heteroatoms. The second kappa shape index (κ2) is 7.66. The van der Waals surface area contributed by atoms with E-state index < -0.39 is 57.7 Å². The Labute approximate surface area is 149 Å². The third-order valence-electron chi connectivity index (χ3n) is 3.49. The zero-order chi connectivity index (χ0) is 20.6. The molecule has 1 aliphatic heterocycles. The van der Waals surface area contributed by atoms with E-state index in [0.717, 1.165) is 19.4 Å². The standard InChI is InChI=1S/C10H16N2O13P2/c1-22-10(4-23-27(20,21)25-26(17,18)19)7(15)6(14)8(24-10)12-3-2-5(13)11-9(12)16/h2-3,6-8,14-15H,4H2,1H3,(H,20,21)(H,11,13,16)(H2,17,18,19)/p-1/t6-,7+,8-,10-/m1/s1. The van der Waals surface area contributed by atoms with Crippen molar-refractivity contribution in [2.75, 3.05) is 13.7 Å². The SMILES string of the molecule is CO[C@]1(COP(=O)(O)OP(=O)([O-])O)O[C@@H](n2ccc(=O)[nH]c2=O)[C@H](O)[C@@H]1O. The maximum Gasteiger partial charge on any atom is 0.478 e. The average Bonchev–Trinajstić information content (AvgIpc) is 2.76. The smallest absolute Gasteiger partial charge is 0.478 e. The summed E-state index contributed by atoms with van der Waals surface area (Å²) in [6, 6.07) is 0.927. The molecule has 0 spiro atoms. The van der Waals surface area contributed by atoms with Crippen LogP contribution in [0.4, 0.5) is 0 Å². The summed E-state index contributed by atoms with van der Waals surface area (Å²) >= 11 is 0. The lowest BCUT2D eigenvalue weighted by atomic mass is 10.1. The predicted octanol–water partition coefficient (Wildman–Crippen LogP) is -3.28. The molecule has 1 aromatic heterocycles. The van der Waals surface area contributed by atoms with Crippen LogP contribution < -0.4 is 16.1 Å². The lowest BCUT2D eigenvalue weighted by molar-refractivity contribution is -0.268. The molecule has 0 bridgehead atoms. The van der Waals surface area contributed by atoms with Crippen molar-refractivity contribution in [1.29, 1.82) is 0 Å². The number of hydrogen-bond acceptors (Lipinski definition) is 11. The van der Waals surface area contributed by atoms with E-state index in [1.54, 1.807) is 0 Å². The van der Waals surface area contributed by atoms with Gasteiger partial charge in [-0.05, 0) is 0 Å². The first-order valence-corrected chi connectivity index (χ1v) is 9.92. The lowest BCUT2D eigenvalue weighted by Gasteiger charge is -2.30. The zero-order valence-corrected chi connectivity index (χ0v) is 15.2. The Kier molecular flexibility index (Phi) is 6.26. The molecule has 5 N–H and O–H groups in total. The largest absolute Gasteiger partial charge is 0.756 e. The molecule has 0 saturated carbocycles. The number of nitrogens with one attached hydrogen (secondary N) is 1. The fourth-order valence-corrected chi connectivity index (χ4v) is 3.86. The van der Waals surface area contributed by atoms with E-state index in [1.165, 1.54) is 0 Å².